The number of nitrogens with one attached hydrogen (secondary N) is 1. The number of rotatable bonds is 9. The zero-order valence-corrected chi connectivity index (χ0v) is 12.9. The Hall–Kier alpha value is -1.35. The fourth-order valence-electron chi connectivity index (χ4n) is 2.36. The fraction of sp³-hybridized carbons (Fsp3) is 0.588. The molecule has 0 bridgehead atoms. The van der Waals surface area contributed by atoms with Gasteiger partial charge in [-0.2, -0.15) is 0 Å². The van der Waals surface area contributed by atoms with Gasteiger partial charge in [0, 0.05) is 6.04 Å². The number of hydrogen-bond acceptors (Lipinski definition) is 2. The molecule has 0 aliphatic carbocycles. The average molecular weight is 277 g/mol. The summed E-state index contributed by atoms with van der Waals surface area (Å²) < 4.78 is 0. The van der Waals surface area contributed by atoms with E-state index in [1.807, 2.05) is 0 Å². The Morgan fingerprint density at radius 3 is 2.70 bits per heavy atom. The minimum Gasteiger partial charge on any atom is -0.480 e. The Bertz CT molecular complexity index is 417. The SMILES string of the molecule is CCCC[C@H](NC(C)CCc1cccc(C)c1)C(=O)O. The summed E-state index contributed by atoms with van der Waals surface area (Å²) in [6, 6.07) is 8.29. The zero-order chi connectivity index (χ0) is 15.0. The van der Waals surface area contributed by atoms with Gasteiger partial charge >= 0.3 is 5.97 Å². The van der Waals surface area contributed by atoms with E-state index in [1.54, 1.807) is 0 Å². The lowest BCUT2D eigenvalue weighted by atomic mass is 10.0. The van der Waals surface area contributed by atoms with Crippen molar-refractivity contribution in [3.63, 3.8) is 0 Å². The Morgan fingerprint density at radius 2 is 2.10 bits per heavy atom. The molecule has 2 N–H and O–H groups in total. The molecular formula is C17H27NO2. The standard InChI is InChI=1S/C17H27NO2/c1-4-5-9-16(17(19)20)18-14(3)10-11-15-8-6-7-13(2)12-15/h6-8,12,14,16,18H,4-5,9-11H2,1-3H3,(H,19,20)/t14?,16-/m0/s1. The monoisotopic (exact) mass is 277 g/mol. The third kappa shape index (κ3) is 6.20. The van der Waals surface area contributed by atoms with Crippen molar-refractivity contribution in [1.29, 1.82) is 0 Å². The molecule has 0 aliphatic heterocycles. The second kappa shape index (κ2) is 8.75. The second-order valence-corrected chi connectivity index (χ2v) is 5.63. The minimum absolute atomic E-state index is 0.216. The molecule has 0 fully saturated rings. The Balaban J connectivity index is 2.41. The van der Waals surface area contributed by atoms with E-state index in [4.69, 9.17) is 0 Å². The van der Waals surface area contributed by atoms with Crippen LogP contribution in [-0.2, 0) is 11.2 Å². The number of benzene rings is 1. The topological polar surface area (TPSA) is 49.3 Å². The highest BCUT2D eigenvalue weighted by Crippen LogP contribution is 2.09. The molecule has 0 spiro atoms. The van der Waals surface area contributed by atoms with Crippen molar-refractivity contribution in [3.05, 3.63) is 35.4 Å². The lowest BCUT2D eigenvalue weighted by molar-refractivity contribution is -0.139. The van der Waals surface area contributed by atoms with Crippen molar-refractivity contribution in [2.45, 2.75) is 65.0 Å². The van der Waals surface area contributed by atoms with Crippen LogP contribution < -0.4 is 5.32 Å². The third-order valence-electron chi connectivity index (χ3n) is 3.58. The molecule has 0 aromatic heterocycles. The fourth-order valence-corrected chi connectivity index (χ4v) is 2.36. The van der Waals surface area contributed by atoms with Gasteiger partial charge in [-0.05, 0) is 38.7 Å². The van der Waals surface area contributed by atoms with Gasteiger partial charge in [0.1, 0.15) is 6.04 Å². The number of carboxylic acid groups (broad SMARTS) is 1. The summed E-state index contributed by atoms with van der Waals surface area (Å²) in [5.41, 5.74) is 2.59. The van der Waals surface area contributed by atoms with Crippen molar-refractivity contribution >= 4 is 5.97 Å². The molecule has 0 saturated heterocycles. The Labute approximate surface area is 122 Å². The lowest BCUT2D eigenvalue weighted by Crippen LogP contribution is -2.42. The van der Waals surface area contributed by atoms with Gasteiger partial charge in [0.25, 0.3) is 0 Å². The van der Waals surface area contributed by atoms with Crippen LogP contribution in [0.4, 0.5) is 0 Å². The molecule has 3 nitrogen and oxygen atoms in total. The molecule has 0 radical (unpaired) electrons. The van der Waals surface area contributed by atoms with Gasteiger partial charge in [-0.1, -0.05) is 49.6 Å². The second-order valence-electron chi connectivity index (χ2n) is 5.63. The van der Waals surface area contributed by atoms with Gasteiger partial charge in [0.15, 0.2) is 0 Å². The van der Waals surface area contributed by atoms with Crippen LogP contribution in [0.2, 0.25) is 0 Å². The predicted molar refractivity (Wildman–Crippen MR) is 83.0 cm³/mol. The van der Waals surface area contributed by atoms with Crippen LogP contribution in [0.15, 0.2) is 24.3 Å². The average Bonchev–Trinajstić information content (AvgIpc) is 2.41. The van der Waals surface area contributed by atoms with Crippen molar-refractivity contribution in [1.82, 2.24) is 5.32 Å². The number of carbonyl (C=O) groups is 1. The van der Waals surface area contributed by atoms with Gasteiger partial charge in [0.05, 0.1) is 0 Å². The molecule has 1 unspecified atom stereocenters. The van der Waals surface area contributed by atoms with Gasteiger partial charge in [-0.25, -0.2) is 0 Å². The van der Waals surface area contributed by atoms with Crippen molar-refractivity contribution in [3.8, 4) is 0 Å². The van der Waals surface area contributed by atoms with E-state index in [-0.39, 0.29) is 6.04 Å². The summed E-state index contributed by atoms with van der Waals surface area (Å²) in [6.07, 6.45) is 4.63. The molecule has 0 saturated carbocycles. The van der Waals surface area contributed by atoms with Crippen LogP contribution in [0.1, 0.15) is 50.7 Å². The molecule has 3 heteroatoms. The van der Waals surface area contributed by atoms with Crippen molar-refractivity contribution < 1.29 is 9.90 Å². The molecule has 0 aliphatic rings. The first-order valence-corrected chi connectivity index (χ1v) is 7.57. The molecule has 1 aromatic carbocycles. The normalized spacial score (nSPS) is 13.9. The summed E-state index contributed by atoms with van der Waals surface area (Å²) in [5, 5.41) is 12.4. The maximum Gasteiger partial charge on any atom is 0.320 e. The van der Waals surface area contributed by atoms with Crippen molar-refractivity contribution in [2.24, 2.45) is 0 Å². The van der Waals surface area contributed by atoms with Crippen molar-refractivity contribution in [2.75, 3.05) is 0 Å². The highest BCUT2D eigenvalue weighted by Gasteiger charge is 2.18. The van der Waals surface area contributed by atoms with Crippen LogP contribution in [0.5, 0.6) is 0 Å². The highest BCUT2D eigenvalue weighted by molar-refractivity contribution is 5.73. The molecule has 0 amide bonds. The van der Waals surface area contributed by atoms with Crippen LogP contribution in [0, 0.1) is 6.92 Å². The van der Waals surface area contributed by atoms with Crippen LogP contribution in [-0.4, -0.2) is 23.2 Å². The minimum atomic E-state index is -0.735. The van der Waals surface area contributed by atoms with E-state index in [2.05, 4.69) is 50.4 Å². The molecule has 1 rings (SSSR count). The van der Waals surface area contributed by atoms with Gasteiger partial charge < -0.3 is 10.4 Å². The van der Waals surface area contributed by atoms with Crippen LogP contribution in [0.25, 0.3) is 0 Å². The van der Waals surface area contributed by atoms with E-state index in [0.29, 0.717) is 6.42 Å². The lowest BCUT2D eigenvalue weighted by Gasteiger charge is -2.20. The first kappa shape index (κ1) is 16.7. The van der Waals surface area contributed by atoms with E-state index in [1.165, 1.54) is 11.1 Å². The van der Waals surface area contributed by atoms with Crippen LogP contribution in [0.3, 0.4) is 0 Å². The summed E-state index contributed by atoms with van der Waals surface area (Å²) in [4.78, 5) is 11.2. The van der Waals surface area contributed by atoms with E-state index in [9.17, 15) is 9.90 Å². The van der Waals surface area contributed by atoms with Crippen LogP contribution >= 0.6 is 0 Å². The maximum atomic E-state index is 11.2. The summed E-state index contributed by atoms with van der Waals surface area (Å²) >= 11 is 0. The smallest absolute Gasteiger partial charge is 0.320 e. The zero-order valence-electron chi connectivity index (χ0n) is 12.9. The molecule has 112 valence electrons. The number of hydrogen-bond donors (Lipinski definition) is 2. The maximum absolute atomic E-state index is 11.2. The number of carboxylic acids is 1. The quantitative estimate of drug-likeness (QED) is 0.725. The molecule has 0 heterocycles. The predicted octanol–water partition coefficient (Wildman–Crippen LogP) is 3.55. The highest BCUT2D eigenvalue weighted by atomic mass is 16.4. The third-order valence-corrected chi connectivity index (χ3v) is 3.58. The van der Waals surface area contributed by atoms with E-state index < -0.39 is 12.0 Å². The largest absolute Gasteiger partial charge is 0.480 e. The van der Waals surface area contributed by atoms with Gasteiger partial charge in [0.2, 0.25) is 0 Å². The van der Waals surface area contributed by atoms with E-state index in [0.717, 1.165) is 25.7 Å². The van der Waals surface area contributed by atoms with E-state index >= 15 is 0 Å². The molecule has 2 atom stereocenters. The number of aliphatic carboxylic acids is 1. The number of aryl methyl sites for hydroxylation is 2. The van der Waals surface area contributed by atoms with Gasteiger partial charge in [-0.3, -0.25) is 4.79 Å². The summed E-state index contributed by atoms with van der Waals surface area (Å²) in [5.74, 6) is -0.735. The first-order valence-electron chi connectivity index (χ1n) is 7.57. The van der Waals surface area contributed by atoms with Gasteiger partial charge in [-0.15, -0.1) is 0 Å². The number of unbranched alkanes of at least 4 members (excludes halogenated alkanes) is 1. The summed E-state index contributed by atoms with van der Waals surface area (Å²) in [7, 11) is 0. The first-order chi connectivity index (χ1) is 9.52. The Kier molecular flexibility index (Phi) is 7.31. The summed E-state index contributed by atoms with van der Waals surface area (Å²) in [6.45, 7) is 6.24. The molecular weight excluding hydrogens is 250 g/mol. The Morgan fingerprint density at radius 1 is 1.35 bits per heavy atom. The molecule has 1 aromatic rings. The molecule has 20 heavy (non-hydrogen) atoms.